The van der Waals surface area contributed by atoms with Crippen LogP contribution in [0.15, 0.2) is 5.16 Å². The minimum atomic E-state index is -0.920. The molecule has 1 saturated heterocycles. The Kier molecular flexibility index (Phi) is 5.80. The molecule has 0 aromatic carbocycles. The number of hydrogen-bond donors (Lipinski definition) is 3. The highest BCUT2D eigenvalue weighted by molar-refractivity contribution is 6.06. The Morgan fingerprint density at radius 2 is 1.95 bits per heavy atom. The van der Waals surface area contributed by atoms with Crippen LogP contribution in [0.4, 0.5) is 0 Å². The van der Waals surface area contributed by atoms with Gasteiger partial charge in [0.2, 0.25) is 5.91 Å². The van der Waals surface area contributed by atoms with E-state index >= 15 is 0 Å². The van der Waals surface area contributed by atoms with E-state index in [0.29, 0.717) is 19.4 Å². The largest absolute Gasteiger partial charge is 0.409 e. The molecule has 6 heteroatoms. The van der Waals surface area contributed by atoms with E-state index in [-0.39, 0.29) is 17.2 Å². The molecule has 1 amide bonds. The zero-order valence-electron chi connectivity index (χ0n) is 12.7. The first kappa shape index (κ1) is 16.8. The number of carbonyl (C=O) groups is 1. The summed E-state index contributed by atoms with van der Waals surface area (Å²) in [6, 6.07) is 0. The molecule has 1 fully saturated rings. The first-order chi connectivity index (χ1) is 9.44. The number of ether oxygens (including phenoxy) is 1. The van der Waals surface area contributed by atoms with Gasteiger partial charge in [-0.15, -0.1) is 0 Å². The van der Waals surface area contributed by atoms with Gasteiger partial charge in [0.05, 0.1) is 0 Å². The number of amidine groups is 1. The lowest BCUT2D eigenvalue weighted by atomic mass is 9.78. The standard InChI is InChI=1S/C14H27N3O3/c1-4-14(5-2,11(15)17-19)12(18)16-10-13(3)6-8-20-9-7-13/h19H,4-10H2,1-3H3,(H2,15,17)(H,16,18). The van der Waals surface area contributed by atoms with Crippen molar-refractivity contribution in [2.45, 2.75) is 46.5 Å². The summed E-state index contributed by atoms with van der Waals surface area (Å²) in [5.41, 5.74) is 4.88. The van der Waals surface area contributed by atoms with Gasteiger partial charge in [-0.2, -0.15) is 0 Å². The van der Waals surface area contributed by atoms with E-state index in [4.69, 9.17) is 15.7 Å². The van der Waals surface area contributed by atoms with Crippen molar-refractivity contribution in [3.8, 4) is 0 Å². The number of hydrogen-bond acceptors (Lipinski definition) is 4. The third-order valence-corrected chi connectivity index (χ3v) is 4.62. The molecule has 4 N–H and O–H groups in total. The molecular weight excluding hydrogens is 258 g/mol. The normalized spacial score (nSPS) is 19.6. The fourth-order valence-corrected chi connectivity index (χ4v) is 2.65. The first-order valence-corrected chi connectivity index (χ1v) is 7.28. The Hall–Kier alpha value is -1.30. The molecule has 1 aliphatic heterocycles. The minimum Gasteiger partial charge on any atom is -0.409 e. The van der Waals surface area contributed by atoms with E-state index in [0.717, 1.165) is 26.1 Å². The predicted molar refractivity (Wildman–Crippen MR) is 77.6 cm³/mol. The number of carbonyl (C=O) groups excluding carboxylic acids is 1. The summed E-state index contributed by atoms with van der Waals surface area (Å²) < 4.78 is 5.35. The van der Waals surface area contributed by atoms with Gasteiger partial charge in [0.15, 0.2) is 5.84 Å². The number of nitrogens with one attached hydrogen (secondary N) is 1. The van der Waals surface area contributed by atoms with Crippen molar-refractivity contribution in [3.63, 3.8) is 0 Å². The van der Waals surface area contributed by atoms with Crippen LogP contribution < -0.4 is 11.1 Å². The van der Waals surface area contributed by atoms with Crippen molar-refractivity contribution in [1.29, 1.82) is 0 Å². The topological polar surface area (TPSA) is 96.9 Å². The van der Waals surface area contributed by atoms with Crippen LogP contribution in [0, 0.1) is 10.8 Å². The zero-order valence-corrected chi connectivity index (χ0v) is 12.7. The number of nitrogens with zero attached hydrogens (tertiary/aromatic N) is 1. The predicted octanol–water partition coefficient (Wildman–Crippen LogP) is 1.47. The number of oxime groups is 1. The lowest BCUT2D eigenvalue weighted by Gasteiger charge is -2.35. The highest BCUT2D eigenvalue weighted by Gasteiger charge is 2.40. The molecule has 0 saturated carbocycles. The SMILES string of the molecule is CCC(CC)(C(=O)NCC1(C)CCOCC1)C(N)=NO. The molecule has 1 rings (SSSR count). The lowest BCUT2D eigenvalue weighted by molar-refractivity contribution is -0.128. The summed E-state index contributed by atoms with van der Waals surface area (Å²) in [5.74, 6) is -0.178. The second kappa shape index (κ2) is 6.92. The molecule has 0 atom stereocenters. The lowest BCUT2D eigenvalue weighted by Crippen LogP contribution is -2.51. The van der Waals surface area contributed by atoms with Crippen molar-refractivity contribution in [2.24, 2.45) is 21.7 Å². The van der Waals surface area contributed by atoms with Gasteiger partial charge >= 0.3 is 0 Å². The van der Waals surface area contributed by atoms with E-state index < -0.39 is 5.41 Å². The summed E-state index contributed by atoms with van der Waals surface area (Å²) >= 11 is 0. The van der Waals surface area contributed by atoms with Crippen molar-refractivity contribution in [1.82, 2.24) is 5.32 Å². The third-order valence-electron chi connectivity index (χ3n) is 4.62. The highest BCUT2D eigenvalue weighted by Crippen LogP contribution is 2.31. The number of nitrogens with two attached hydrogens (primary N) is 1. The van der Waals surface area contributed by atoms with Crippen molar-refractivity contribution in [2.75, 3.05) is 19.8 Å². The molecule has 1 aliphatic rings. The van der Waals surface area contributed by atoms with Crippen LogP contribution in [0.2, 0.25) is 0 Å². The van der Waals surface area contributed by atoms with Crippen LogP contribution >= 0.6 is 0 Å². The summed E-state index contributed by atoms with van der Waals surface area (Å²) in [6.45, 7) is 7.96. The van der Waals surface area contributed by atoms with Gasteiger partial charge in [0, 0.05) is 19.8 Å². The number of amides is 1. The minimum absolute atomic E-state index is 0.0165. The monoisotopic (exact) mass is 285 g/mol. The maximum Gasteiger partial charge on any atom is 0.233 e. The molecule has 116 valence electrons. The molecule has 0 aromatic heterocycles. The Labute approximate surface area is 120 Å². The van der Waals surface area contributed by atoms with Crippen molar-refractivity contribution in [3.05, 3.63) is 0 Å². The van der Waals surface area contributed by atoms with Gasteiger partial charge in [-0.3, -0.25) is 4.79 Å². The van der Waals surface area contributed by atoms with Gasteiger partial charge in [-0.05, 0) is 31.1 Å². The Balaban J connectivity index is 2.72. The van der Waals surface area contributed by atoms with Crippen LogP contribution in [0.3, 0.4) is 0 Å². The molecule has 0 bridgehead atoms. The van der Waals surface area contributed by atoms with Crippen molar-refractivity contribution >= 4 is 11.7 Å². The molecule has 6 nitrogen and oxygen atoms in total. The molecule has 0 unspecified atom stereocenters. The van der Waals surface area contributed by atoms with E-state index in [1.54, 1.807) is 0 Å². The van der Waals surface area contributed by atoms with Crippen LogP contribution in [-0.4, -0.2) is 36.7 Å². The van der Waals surface area contributed by atoms with Gasteiger partial charge in [-0.25, -0.2) is 0 Å². The fourth-order valence-electron chi connectivity index (χ4n) is 2.65. The second-order valence-corrected chi connectivity index (χ2v) is 5.88. The van der Waals surface area contributed by atoms with Gasteiger partial charge in [-0.1, -0.05) is 25.9 Å². The second-order valence-electron chi connectivity index (χ2n) is 5.88. The quantitative estimate of drug-likeness (QED) is 0.298. The Morgan fingerprint density at radius 1 is 1.40 bits per heavy atom. The van der Waals surface area contributed by atoms with E-state index in [2.05, 4.69) is 17.4 Å². The van der Waals surface area contributed by atoms with E-state index in [9.17, 15) is 4.79 Å². The Morgan fingerprint density at radius 3 is 2.40 bits per heavy atom. The molecule has 1 heterocycles. The highest BCUT2D eigenvalue weighted by atomic mass is 16.5. The van der Waals surface area contributed by atoms with Gasteiger partial charge < -0.3 is 21.0 Å². The average Bonchev–Trinajstić information content (AvgIpc) is 2.47. The fraction of sp³-hybridized carbons (Fsp3) is 0.857. The van der Waals surface area contributed by atoms with Crippen LogP contribution in [0.25, 0.3) is 0 Å². The van der Waals surface area contributed by atoms with Gasteiger partial charge in [0.1, 0.15) is 5.41 Å². The summed E-state index contributed by atoms with van der Waals surface area (Å²) in [6.07, 6.45) is 2.88. The first-order valence-electron chi connectivity index (χ1n) is 7.28. The summed E-state index contributed by atoms with van der Waals surface area (Å²) in [4.78, 5) is 12.5. The Bertz CT molecular complexity index is 359. The average molecular weight is 285 g/mol. The van der Waals surface area contributed by atoms with Gasteiger partial charge in [0.25, 0.3) is 0 Å². The summed E-state index contributed by atoms with van der Waals surface area (Å²) in [5, 5.41) is 14.9. The number of rotatable bonds is 6. The summed E-state index contributed by atoms with van der Waals surface area (Å²) in [7, 11) is 0. The molecule has 0 spiro atoms. The molecule has 0 radical (unpaired) electrons. The van der Waals surface area contributed by atoms with Crippen LogP contribution in [-0.2, 0) is 9.53 Å². The third kappa shape index (κ3) is 3.42. The van der Waals surface area contributed by atoms with E-state index in [1.165, 1.54) is 0 Å². The van der Waals surface area contributed by atoms with Crippen molar-refractivity contribution < 1.29 is 14.7 Å². The smallest absolute Gasteiger partial charge is 0.233 e. The molecule has 20 heavy (non-hydrogen) atoms. The maximum atomic E-state index is 12.5. The van der Waals surface area contributed by atoms with Crippen LogP contribution in [0.1, 0.15) is 46.5 Å². The molecule has 0 aromatic rings. The van der Waals surface area contributed by atoms with Crippen LogP contribution in [0.5, 0.6) is 0 Å². The maximum absolute atomic E-state index is 12.5. The van der Waals surface area contributed by atoms with E-state index in [1.807, 2.05) is 13.8 Å². The molecular formula is C14H27N3O3. The molecule has 0 aliphatic carbocycles. The zero-order chi connectivity index (χ0) is 15.2.